The van der Waals surface area contributed by atoms with Crippen LogP contribution in [-0.2, 0) is 16.0 Å². The molecule has 0 unspecified atom stereocenters. The second kappa shape index (κ2) is 10.3. The van der Waals surface area contributed by atoms with Crippen LogP contribution in [0.15, 0.2) is 72.3 Å². The van der Waals surface area contributed by atoms with Gasteiger partial charge in [0.05, 0.1) is 18.2 Å². The molecule has 3 aromatic rings. The first-order chi connectivity index (χ1) is 18.0. The standard InChI is InChI=1S/C29H27NO7/c1-2-35-23-16-19(8-10-21(23)31)26-25(27(32)20-9-11-22-24(17-20)37-15-14-36-22)28(33)29(34)30(26)13-12-18-6-4-3-5-7-18/h3-11,16-17,26,31-32H,2,12-15H2,1H3/t26-/m1/s1. The minimum absolute atomic E-state index is 0.0390. The van der Waals surface area contributed by atoms with Crippen molar-refractivity contribution in [1.82, 2.24) is 4.90 Å². The van der Waals surface area contributed by atoms with E-state index in [1.54, 1.807) is 37.3 Å². The maximum Gasteiger partial charge on any atom is 0.295 e. The number of benzene rings is 3. The lowest BCUT2D eigenvalue weighted by Crippen LogP contribution is -2.31. The van der Waals surface area contributed by atoms with Gasteiger partial charge in [-0.2, -0.15) is 0 Å². The van der Waals surface area contributed by atoms with Crippen LogP contribution in [-0.4, -0.2) is 53.2 Å². The average molecular weight is 502 g/mol. The van der Waals surface area contributed by atoms with Gasteiger partial charge in [0.1, 0.15) is 19.0 Å². The molecule has 2 N–H and O–H groups in total. The maximum atomic E-state index is 13.3. The van der Waals surface area contributed by atoms with Crippen molar-refractivity contribution < 1.29 is 34.0 Å². The molecule has 0 aliphatic carbocycles. The number of aliphatic hydroxyl groups is 1. The molecule has 37 heavy (non-hydrogen) atoms. The van der Waals surface area contributed by atoms with Crippen LogP contribution in [0.4, 0.5) is 0 Å². The molecule has 0 radical (unpaired) electrons. The summed E-state index contributed by atoms with van der Waals surface area (Å²) < 4.78 is 16.7. The molecule has 2 aliphatic rings. The summed E-state index contributed by atoms with van der Waals surface area (Å²) in [5, 5.41) is 21.6. The number of amides is 1. The number of ketones is 1. The summed E-state index contributed by atoms with van der Waals surface area (Å²) in [5.74, 6) is -0.626. The molecule has 1 saturated heterocycles. The summed E-state index contributed by atoms with van der Waals surface area (Å²) in [7, 11) is 0. The fourth-order valence-corrected chi connectivity index (χ4v) is 4.67. The van der Waals surface area contributed by atoms with E-state index in [1.165, 1.54) is 11.0 Å². The third-order valence-corrected chi connectivity index (χ3v) is 6.44. The summed E-state index contributed by atoms with van der Waals surface area (Å²) in [6, 6.07) is 18.3. The van der Waals surface area contributed by atoms with Crippen LogP contribution >= 0.6 is 0 Å². The van der Waals surface area contributed by atoms with Crippen molar-refractivity contribution in [1.29, 1.82) is 0 Å². The van der Waals surface area contributed by atoms with Gasteiger partial charge >= 0.3 is 0 Å². The number of carbonyl (C=O) groups is 2. The van der Waals surface area contributed by atoms with Gasteiger partial charge < -0.3 is 29.3 Å². The van der Waals surface area contributed by atoms with E-state index in [-0.39, 0.29) is 29.4 Å². The minimum atomic E-state index is -0.878. The second-order valence-electron chi connectivity index (χ2n) is 8.75. The van der Waals surface area contributed by atoms with E-state index in [4.69, 9.17) is 14.2 Å². The quantitative estimate of drug-likeness (QED) is 0.284. The van der Waals surface area contributed by atoms with Crippen LogP contribution in [0.25, 0.3) is 5.76 Å². The van der Waals surface area contributed by atoms with Crippen molar-refractivity contribution in [3.05, 3.63) is 89.0 Å². The van der Waals surface area contributed by atoms with Crippen LogP contribution in [0, 0.1) is 0 Å². The number of likely N-dealkylation sites (tertiary alicyclic amines) is 1. The average Bonchev–Trinajstić information content (AvgIpc) is 3.18. The van der Waals surface area contributed by atoms with E-state index in [1.807, 2.05) is 30.3 Å². The molecule has 1 amide bonds. The van der Waals surface area contributed by atoms with Crippen LogP contribution < -0.4 is 14.2 Å². The molecular formula is C29H27NO7. The molecule has 1 atom stereocenters. The third-order valence-electron chi connectivity index (χ3n) is 6.44. The van der Waals surface area contributed by atoms with Crippen molar-refractivity contribution in [2.45, 2.75) is 19.4 Å². The zero-order valence-corrected chi connectivity index (χ0v) is 20.3. The number of nitrogens with zero attached hydrogens (tertiary/aromatic N) is 1. The fraction of sp³-hybridized carbons (Fsp3) is 0.241. The highest BCUT2D eigenvalue weighted by Gasteiger charge is 2.46. The Hall–Kier alpha value is -4.46. The predicted octanol–water partition coefficient (Wildman–Crippen LogP) is 4.23. The number of phenolic OH excluding ortho intramolecular Hbond substituents is 1. The normalized spacial score (nSPS) is 18.2. The zero-order valence-electron chi connectivity index (χ0n) is 20.3. The van der Waals surface area contributed by atoms with Crippen LogP contribution in [0.2, 0.25) is 0 Å². The first-order valence-electron chi connectivity index (χ1n) is 12.2. The van der Waals surface area contributed by atoms with Crippen molar-refractivity contribution in [2.75, 3.05) is 26.4 Å². The summed E-state index contributed by atoms with van der Waals surface area (Å²) in [5.41, 5.74) is 1.84. The highest BCUT2D eigenvalue weighted by molar-refractivity contribution is 6.46. The van der Waals surface area contributed by atoms with Crippen LogP contribution in [0.1, 0.15) is 29.7 Å². The molecule has 5 rings (SSSR count). The number of rotatable bonds is 7. The lowest BCUT2D eigenvalue weighted by atomic mass is 9.94. The zero-order chi connectivity index (χ0) is 25.9. The topological polar surface area (TPSA) is 106 Å². The number of hydrogen-bond acceptors (Lipinski definition) is 7. The highest BCUT2D eigenvalue weighted by Crippen LogP contribution is 2.43. The molecule has 0 spiro atoms. The van der Waals surface area contributed by atoms with Crippen molar-refractivity contribution >= 4 is 17.4 Å². The van der Waals surface area contributed by atoms with Gasteiger partial charge in [-0.25, -0.2) is 0 Å². The monoisotopic (exact) mass is 501 g/mol. The van der Waals surface area contributed by atoms with Crippen LogP contribution in [0.3, 0.4) is 0 Å². The number of aliphatic hydroxyl groups excluding tert-OH is 1. The van der Waals surface area contributed by atoms with E-state index < -0.39 is 17.7 Å². The molecule has 8 nitrogen and oxygen atoms in total. The summed E-state index contributed by atoms with van der Waals surface area (Å²) in [6.45, 7) is 3.16. The van der Waals surface area contributed by atoms with Gasteiger partial charge in [0, 0.05) is 12.1 Å². The van der Waals surface area contributed by atoms with Gasteiger partial charge in [0.15, 0.2) is 23.0 Å². The number of carbonyl (C=O) groups excluding carboxylic acids is 2. The molecule has 3 aromatic carbocycles. The highest BCUT2D eigenvalue weighted by atomic mass is 16.6. The third kappa shape index (κ3) is 4.70. The van der Waals surface area contributed by atoms with Crippen molar-refractivity contribution in [2.24, 2.45) is 0 Å². The Bertz CT molecular complexity index is 1370. The Labute approximate surface area is 214 Å². The molecule has 0 aromatic heterocycles. The predicted molar refractivity (Wildman–Crippen MR) is 136 cm³/mol. The Morgan fingerprint density at radius 3 is 2.51 bits per heavy atom. The Morgan fingerprint density at radius 1 is 1.00 bits per heavy atom. The molecule has 1 fully saturated rings. The van der Waals surface area contributed by atoms with E-state index in [9.17, 15) is 19.8 Å². The smallest absolute Gasteiger partial charge is 0.295 e. The Morgan fingerprint density at radius 2 is 1.76 bits per heavy atom. The molecule has 2 heterocycles. The van der Waals surface area contributed by atoms with Gasteiger partial charge in [-0.15, -0.1) is 0 Å². The van der Waals surface area contributed by atoms with E-state index in [0.717, 1.165) is 5.56 Å². The fourth-order valence-electron chi connectivity index (χ4n) is 4.67. The van der Waals surface area contributed by atoms with Crippen molar-refractivity contribution in [3.8, 4) is 23.0 Å². The number of phenols is 1. The SMILES string of the molecule is CCOc1cc([C@@H]2C(=C(O)c3ccc4c(c3)OCCO4)C(=O)C(=O)N2CCc2ccccc2)ccc1O. The van der Waals surface area contributed by atoms with Crippen LogP contribution in [0.5, 0.6) is 23.0 Å². The van der Waals surface area contributed by atoms with E-state index in [0.29, 0.717) is 48.9 Å². The first kappa shape index (κ1) is 24.2. The van der Waals surface area contributed by atoms with E-state index in [2.05, 4.69) is 0 Å². The number of fused-ring (bicyclic) bond motifs is 1. The first-order valence-corrected chi connectivity index (χ1v) is 12.2. The van der Waals surface area contributed by atoms with Crippen molar-refractivity contribution in [3.63, 3.8) is 0 Å². The lowest BCUT2D eigenvalue weighted by molar-refractivity contribution is -0.139. The van der Waals surface area contributed by atoms with E-state index >= 15 is 0 Å². The maximum absolute atomic E-state index is 13.3. The largest absolute Gasteiger partial charge is 0.507 e. The number of Topliss-reactive ketones (excluding diaryl/α,β-unsaturated/α-hetero) is 1. The van der Waals surface area contributed by atoms with Gasteiger partial charge in [0.25, 0.3) is 11.7 Å². The minimum Gasteiger partial charge on any atom is -0.507 e. The van der Waals surface area contributed by atoms with Gasteiger partial charge in [-0.3, -0.25) is 9.59 Å². The van der Waals surface area contributed by atoms with Gasteiger partial charge in [0.2, 0.25) is 0 Å². The molecule has 2 aliphatic heterocycles. The Kier molecular flexibility index (Phi) is 6.72. The lowest BCUT2D eigenvalue weighted by Gasteiger charge is -2.26. The summed E-state index contributed by atoms with van der Waals surface area (Å²) >= 11 is 0. The summed E-state index contributed by atoms with van der Waals surface area (Å²) in [6.07, 6.45) is 0.519. The number of hydrogen-bond donors (Lipinski definition) is 2. The number of aromatic hydroxyl groups is 1. The molecular weight excluding hydrogens is 474 g/mol. The second-order valence-corrected chi connectivity index (χ2v) is 8.75. The Balaban J connectivity index is 1.60. The molecule has 0 bridgehead atoms. The molecule has 0 saturated carbocycles. The van der Waals surface area contributed by atoms with Gasteiger partial charge in [-0.1, -0.05) is 36.4 Å². The molecule has 190 valence electrons. The summed E-state index contributed by atoms with van der Waals surface area (Å²) in [4.78, 5) is 28.1. The molecule has 8 heteroatoms. The van der Waals surface area contributed by atoms with Gasteiger partial charge in [-0.05, 0) is 54.8 Å². The number of ether oxygens (including phenoxy) is 3.